The molecule has 4 rings (SSSR count). The number of carbonyl (C=O) groups excluding carboxylic acids is 3. The number of carbonyl (C=O) groups is 3. The summed E-state index contributed by atoms with van der Waals surface area (Å²) in [5, 5.41) is 13.9. The number of hydrogen-bond donors (Lipinski definition) is 2. The minimum absolute atomic E-state index is 0.0706. The lowest BCUT2D eigenvalue weighted by Gasteiger charge is -2.56. The molecule has 0 bridgehead atoms. The Bertz CT molecular complexity index is 898. The van der Waals surface area contributed by atoms with Gasteiger partial charge in [0.05, 0.1) is 11.5 Å². The Labute approximate surface area is 218 Å². The van der Waals surface area contributed by atoms with Crippen molar-refractivity contribution in [1.29, 1.82) is 0 Å². The van der Waals surface area contributed by atoms with E-state index in [1.807, 2.05) is 13.8 Å². The van der Waals surface area contributed by atoms with Gasteiger partial charge in [0.25, 0.3) is 0 Å². The van der Waals surface area contributed by atoms with Crippen molar-refractivity contribution in [1.82, 2.24) is 15.1 Å². The van der Waals surface area contributed by atoms with Gasteiger partial charge in [-0.25, -0.2) is 13.6 Å². The minimum atomic E-state index is -2.67. The van der Waals surface area contributed by atoms with Crippen LogP contribution >= 0.6 is 0 Å². The second-order valence-corrected chi connectivity index (χ2v) is 13.2. The Hall–Kier alpha value is -1.97. The number of nitrogens with one attached hydrogen (secondary N) is 1. The third-order valence-corrected chi connectivity index (χ3v) is 9.14. The maximum atomic E-state index is 13.7. The number of amides is 3. The van der Waals surface area contributed by atoms with E-state index in [0.717, 1.165) is 19.3 Å². The highest BCUT2D eigenvalue weighted by Gasteiger charge is 2.58. The first-order valence-corrected chi connectivity index (χ1v) is 13.7. The first-order chi connectivity index (χ1) is 17.1. The molecule has 2 N–H and O–H groups in total. The zero-order chi connectivity index (χ0) is 27.4. The molecule has 4 aliphatic rings. The maximum absolute atomic E-state index is 13.7. The van der Waals surface area contributed by atoms with Crippen molar-refractivity contribution >= 4 is 17.9 Å². The molecule has 2 aliphatic carbocycles. The molecular weight excluding hydrogens is 484 g/mol. The van der Waals surface area contributed by atoms with Crippen LogP contribution < -0.4 is 5.32 Å². The number of aliphatic hydroxyl groups is 1. The quantitative estimate of drug-likeness (QED) is 0.581. The molecule has 37 heavy (non-hydrogen) atoms. The average molecular weight is 528 g/mol. The Balaban J connectivity index is 1.44. The molecule has 0 unspecified atom stereocenters. The standard InChI is InChI=1S/C27H43F2N3O5/c1-17(2)26(22(35)30-18-7-11-27(28,29)12-8-18)15-31(16-26)21(34)19-13-20(33)25(9-6-10-25)14-32(19)23(36)37-24(3,4)5/h17-20,33H,6-16H2,1-5H3,(H,30,35)/t19-,20+/m0/s1. The van der Waals surface area contributed by atoms with E-state index >= 15 is 0 Å². The monoisotopic (exact) mass is 527 g/mol. The molecular formula is C27H43F2N3O5. The summed E-state index contributed by atoms with van der Waals surface area (Å²) in [7, 11) is 0. The fraction of sp³-hybridized carbons (Fsp3) is 0.889. The Morgan fingerprint density at radius 1 is 1.03 bits per heavy atom. The third-order valence-electron chi connectivity index (χ3n) is 9.14. The lowest BCUT2D eigenvalue weighted by Crippen LogP contribution is -2.71. The van der Waals surface area contributed by atoms with Crippen molar-refractivity contribution in [2.75, 3.05) is 19.6 Å². The van der Waals surface area contributed by atoms with E-state index in [1.165, 1.54) is 4.90 Å². The highest BCUT2D eigenvalue weighted by Crippen LogP contribution is 2.50. The molecule has 2 heterocycles. The van der Waals surface area contributed by atoms with Crippen molar-refractivity contribution < 1.29 is 33.0 Å². The molecule has 3 amide bonds. The van der Waals surface area contributed by atoms with Crippen molar-refractivity contribution in [2.24, 2.45) is 16.7 Å². The lowest BCUT2D eigenvalue weighted by atomic mass is 9.61. The van der Waals surface area contributed by atoms with Crippen LogP contribution in [0.3, 0.4) is 0 Å². The first kappa shape index (κ1) is 28.0. The number of aliphatic hydroxyl groups excluding tert-OH is 1. The summed E-state index contributed by atoms with van der Waals surface area (Å²) in [6.07, 6.45) is 1.50. The van der Waals surface area contributed by atoms with Gasteiger partial charge in [0.1, 0.15) is 11.6 Å². The molecule has 1 spiro atoms. The molecule has 0 aromatic carbocycles. The van der Waals surface area contributed by atoms with Crippen LogP contribution in [-0.2, 0) is 14.3 Å². The van der Waals surface area contributed by atoms with Gasteiger partial charge in [-0.2, -0.15) is 0 Å². The van der Waals surface area contributed by atoms with Crippen molar-refractivity contribution in [3.8, 4) is 0 Å². The largest absolute Gasteiger partial charge is 0.444 e. The van der Waals surface area contributed by atoms with Gasteiger partial charge in [-0.15, -0.1) is 0 Å². The molecule has 2 atom stereocenters. The third kappa shape index (κ3) is 5.45. The Kier molecular flexibility index (Phi) is 7.31. The van der Waals surface area contributed by atoms with Crippen LogP contribution in [0.1, 0.15) is 86.0 Å². The summed E-state index contributed by atoms with van der Waals surface area (Å²) in [6, 6.07) is -1.15. The van der Waals surface area contributed by atoms with Crippen LogP contribution in [0.25, 0.3) is 0 Å². The molecule has 2 aliphatic heterocycles. The normalized spacial score (nSPS) is 28.9. The molecule has 8 nitrogen and oxygen atoms in total. The van der Waals surface area contributed by atoms with E-state index in [9.17, 15) is 28.3 Å². The molecule has 2 saturated carbocycles. The van der Waals surface area contributed by atoms with Gasteiger partial charge >= 0.3 is 6.09 Å². The number of hydrogen-bond acceptors (Lipinski definition) is 5. The molecule has 0 aromatic rings. The molecule has 0 aromatic heterocycles. The van der Waals surface area contributed by atoms with Crippen molar-refractivity contribution in [2.45, 2.75) is 116 Å². The lowest BCUT2D eigenvalue weighted by molar-refractivity contribution is -0.170. The van der Waals surface area contributed by atoms with Gasteiger partial charge in [-0.1, -0.05) is 20.3 Å². The van der Waals surface area contributed by atoms with E-state index in [4.69, 9.17) is 4.74 Å². The summed E-state index contributed by atoms with van der Waals surface area (Å²) in [5.74, 6) is -3.23. The number of alkyl halides is 2. The van der Waals surface area contributed by atoms with E-state index in [1.54, 1.807) is 25.7 Å². The minimum Gasteiger partial charge on any atom is -0.444 e. The number of halogens is 2. The van der Waals surface area contributed by atoms with Gasteiger partial charge < -0.3 is 20.1 Å². The van der Waals surface area contributed by atoms with Crippen LogP contribution in [0.2, 0.25) is 0 Å². The smallest absolute Gasteiger partial charge is 0.410 e. The molecule has 2 saturated heterocycles. The fourth-order valence-corrected chi connectivity index (χ4v) is 6.30. The van der Waals surface area contributed by atoms with Crippen LogP contribution in [-0.4, -0.2) is 82.2 Å². The zero-order valence-corrected chi connectivity index (χ0v) is 22.8. The number of piperidine rings is 1. The zero-order valence-electron chi connectivity index (χ0n) is 22.8. The van der Waals surface area contributed by atoms with Gasteiger partial charge in [-0.3, -0.25) is 14.5 Å². The fourth-order valence-electron chi connectivity index (χ4n) is 6.30. The summed E-state index contributed by atoms with van der Waals surface area (Å²) in [5.41, 5.74) is -1.92. The summed E-state index contributed by atoms with van der Waals surface area (Å²) in [4.78, 5) is 43.2. The number of rotatable bonds is 4. The van der Waals surface area contributed by atoms with E-state index in [-0.39, 0.29) is 80.9 Å². The number of ether oxygens (including phenoxy) is 1. The van der Waals surface area contributed by atoms with Crippen LogP contribution in [0.5, 0.6) is 0 Å². The molecule has 4 fully saturated rings. The molecule has 0 radical (unpaired) electrons. The topological polar surface area (TPSA) is 99.2 Å². The second kappa shape index (κ2) is 9.65. The first-order valence-electron chi connectivity index (χ1n) is 13.7. The maximum Gasteiger partial charge on any atom is 0.410 e. The van der Waals surface area contributed by atoms with E-state index in [2.05, 4.69) is 5.32 Å². The predicted molar refractivity (Wildman–Crippen MR) is 133 cm³/mol. The van der Waals surface area contributed by atoms with Crippen LogP contribution in [0.4, 0.5) is 13.6 Å². The van der Waals surface area contributed by atoms with Crippen LogP contribution in [0, 0.1) is 16.7 Å². The number of nitrogens with zero attached hydrogens (tertiary/aromatic N) is 2. The summed E-state index contributed by atoms with van der Waals surface area (Å²) in [6.45, 7) is 9.84. The van der Waals surface area contributed by atoms with Gasteiger partial charge in [0.2, 0.25) is 17.7 Å². The Morgan fingerprint density at radius 2 is 1.62 bits per heavy atom. The van der Waals surface area contributed by atoms with Gasteiger partial charge in [0, 0.05) is 50.4 Å². The van der Waals surface area contributed by atoms with E-state index < -0.39 is 35.2 Å². The molecule has 210 valence electrons. The van der Waals surface area contributed by atoms with E-state index in [0.29, 0.717) is 0 Å². The molecule has 10 heteroatoms. The van der Waals surface area contributed by atoms with Crippen molar-refractivity contribution in [3.05, 3.63) is 0 Å². The highest BCUT2D eigenvalue weighted by atomic mass is 19.3. The predicted octanol–water partition coefficient (Wildman–Crippen LogP) is 3.71. The van der Waals surface area contributed by atoms with Crippen molar-refractivity contribution in [3.63, 3.8) is 0 Å². The number of likely N-dealkylation sites (tertiary alicyclic amines) is 2. The summed E-state index contributed by atoms with van der Waals surface area (Å²) >= 11 is 0. The summed E-state index contributed by atoms with van der Waals surface area (Å²) < 4.78 is 32.7. The average Bonchev–Trinajstić information content (AvgIpc) is 2.71. The van der Waals surface area contributed by atoms with Crippen LogP contribution in [0.15, 0.2) is 0 Å². The van der Waals surface area contributed by atoms with Gasteiger partial charge in [0.15, 0.2) is 0 Å². The highest BCUT2D eigenvalue weighted by molar-refractivity contribution is 5.91. The SMILES string of the molecule is CC(C)C1(C(=O)NC2CCC(F)(F)CC2)CN(C(=O)[C@@H]2C[C@@H](O)C3(CCC3)CN2C(=O)OC(C)(C)C)C1. The Morgan fingerprint density at radius 3 is 2.11 bits per heavy atom. The second-order valence-electron chi connectivity index (χ2n) is 13.2. The van der Waals surface area contributed by atoms with Gasteiger partial charge in [-0.05, 0) is 52.4 Å².